The second-order valence-corrected chi connectivity index (χ2v) is 4.15. The maximum absolute atomic E-state index is 12.3. The Morgan fingerprint density at radius 2 is 1.95 bits per heavy atom. The molecule has 0 aliphatic carbocycles. The molecule has 2 rings (SSSR count). The molecule has 0 spiro atoms. The van der Waals surface area contributed by atoms with E-state index in [4.69, 9.17) is 0 Å². The maximum Gasteiger partial charge on any atom is 0.333 e. The molecule has 4 heteroatoms. The van der Waals surface area contributed by atoms with E-state index in [0.29, 0.717) is 16.9 Å². The summed E-state index contributed by atoms with van der Waals surface area (Å²) in [5.41, 5.74) is 1.32. The number of aromatic nitrogens is 2. The minimum absolute atomic E-state index is 0.330. The molecule has 0 unspecified atom stereocenters. The zero-order valence-electron chi connectivity index (χ0n) is 10.6. The molecule has 0 bridgehead atoms. The molecule has 2 aromatic rings. The third-order valence-electron chi connectivity index (χ3n) is 2.84. The van der Waals surface area contributed by atoms with Crippen LogP contribution in [0.1, 0.15) is 16.8 Å². The van der Waals surface area contributed by atoms with Crippen molar-refractivity contribution in [1.29, 1.82) is 0 Å². The van der Waals surface area contributed by atoms with Crippen molar-refractivity contribution >= 4 is 12.2 Å². The lowest BCUT2D eigenvalue weighted by atomic mass is 10.2. The molecule has 0 aliphatic rings. The first-order valence-corrected chi connectivity index (χ1v) is 5.79. The lowest BCUT2D eigenvalue weighted by Crippen LogP contribution is -2.36. The summed E-state index contributed by atoms with van der Waals surface area (Å²) < 4.78 is 1.09. The summed E-state index contributed by atoms with van der Waals surface area (Å²) >= 11 is 0. The predicted molar refractivity (Wildman–Crippen MR) is 77.6 cm³/mol. The number of aryl methyl sites for hydroxylation is 1. The molecule has 0 fully saturated rings. The molecule has 1 aromatic carbocycles. The van der Waals surface area contributed by atoms with E-state index >= 15 is 0 Å². The van der Waals surface area contributed by atoms with E-state index in [1.807, 2.05) is 13.0 Å². The largest absolute Gasteiger partial charge is 0.333 e. The van der Waals surface area contributed by atoms with Crippen molar-refractivity contribution in [3.05, 3.63) is 75.1 Å². The minimum Gasteiger partial charge on any atom is -0.306 e. The van der Waals surface area contributed by atoms with E-state index in [0.717, 1.165) is 10.1 Å². The fourth-order valence-corrected chi connectivity index (χ4v) is 1.93. The molecule has 0 amide bonds. The Morgan fingerprint density at radius 1 is 1.21 bits per heavy atom. The van der Waals surface area contributed by atoms with Crippen LogP contribution in [0.3, 0.4) is 0 Å². The van der Waals surface area contributed by atoms with Gasteiger partial charge in [-0.3, -0.25) is 4.79 Å². The van der Waals surface area contributed by atoms with Crippen LogP contribution in [0, 0.1) is 6.92 Å². The second kappa shape index (κ2) is 4.94. The predicted octanol–water partition coefficient (Wildman–Crippen LogP) is 2.12. The molecular formula is C15H14N2O2. The monoisotopic (exact) mass is 254 g/mol. The highest BCUT2D eigenvalue weighted by molar-refractivity contribution is 5.59. The summed E-state index contributed by atoms with van der Waals surface area (Å²) in [4.78, 5) is 27.0. The minimum atomic E-state index is -0.490. The zero-order chi connectivity index (χ0) is 14.0. The van der Waals surface area contributed by atoms with Gasteiger partial charge in [-0.2, -0.15) is 0 Å². The average Bonchev–Trinajstić information content (AvgIpc) is 2.38. The summed E-state index contributed by atoms with van der Waals surface area (Å²) in [6, 6.07) is 7.18. The van der Waals surface area contributed by atoms with Gasteiger partial charge in [-0.05, 0) is 30.7 Å². The summed E-state index contributed by atoms with van der Waals surface area (Å²) in [5, 5.41) is 0. The number of nitrogens with one attached hydrogen (secondary N) is 1. The SMILES string of the molecule is C=Cc1[nH]c(=O)n(-c2cccc(C)c2)c(=O)c1C=C. The van der Waals surface area contributed by atoms with Gasteiger partial charge in [0.25, 0.3) is 5.56 Å². The summed E-state index contributed by atoms with van der Waals surface area (Å²) in [6.45, 7) is 9.07. The first kappa shape index (κ1) is 12.8. The fourth-order valence-electron chi connectivity index (χ4n) is 1.93. The van der Waals surface area contributed by atoms with E-state index in [1.54, 1.807) is 18.2 Å². The molecule has 0 saturated heterocycles. The molecule has 1 N–H and O–H groups in total. The van der Waals surface area contributed by atoms with E-state index < -0.39 is 11.2 Å². The van der Waals surface area contributed by atoms with Gasteiger partial charge in [0, 0.05) is 0 Å². The Kier molecular flexibility index (Phi) is 3.33. The summed E-state index contributed by atoms with van der Waals surface area (Å²) in [6.07, 6.45) is 2.85. The van der Waals surface area contributed by atoms with Crippen molar-refractivity contribution in [1.82, 2.24) is 9.55 Å². The Labute approximate surface area is 110 Å². The molecule has 0 radical (unpaired) electrons. The lowest BCUT2D eigenvalue weighted by molar-refractivity contribution is 0.865. The van der Waals surface area contributed by atoms with E-state index in [1.165, 1.54) is 12.2 Å². The van der Waals surface area contributed by atoms with Gasteiger partial charge in [0.15, 0.2) is 0 Å². The zero-order valence-corrected chi connectivity index (χ0v) is 10.6. The maximum atomic E-state index is 12.3. The van der Waals surface area contributed by atoms with Crippen LogP contribution in [0.2, 0.25) is 0 Å². The van der Waals surface area contributed by atoms with Gasteiger partial charge in [-0.15, -0.1) is 0 Å². The highest BCUT2D eigenvalue weighted by atomic mass is 16.2. The number of hydrogen-bond acceptors (Lipinski definition) is 2. The van der Waals surface area contributed by atoms with Crippen LogP contribution < -0.4 is 11.2 Å². The first-order valence-electron chi connectivity index (χ1n) is 5.79. The van der Waals surface area contributed by atoms with Crippen molar-refractivity contribution in [3.63, 3.8) is 0 Å². The van der Waals surface area contributed by atoms with Gasteiger partial charge in [0.1, 0.15) is 0 Å². The number of hydrogen-bond donors (Lipinski definition) is 1. The Balaban J connectivity index is 2.86. The van der Waals surface area contributed by atoms with Crippen molar-refractivity contribution in [3.8, 4) is 5.69 Å². The van der Waals surface area contributed by atoms with Crippen LogP contribution in [0.5, 0.6) is 0 Å². The normalized spacial score (nSPS) is 10.2. The van der Waals surface area contributed by atoms with Gasteiger partial charge in [0.2, 0.25) is 0 Å². The topological polar surface area (TPSA) is 54.9 Å². The van der Waals surface area contributed by atoms with E-state index in [2.05, 4.69) is 18.1 Å². The molecule has 4 nitrogen and oxygen atoms in total. The Hall–Kier alpha value is -2.62. The van der Waals surface area contributed by atoms with Crippen LogP contribution >= 0.6 is 0 Å². The van der Waals surface area contributed by atoms with Crippen LogP contribution in [-0.4, -0.2) is 9.55 Å². The Morgan fingerprint density at radius 3 is 2.53 bits per heavy atom. The van der Waals surface area contributed by atoms with Gasteiger partial charge < -0.3 is 4.98 Å². The molecule has 19 heavy (non-hydrogen) atoms. The van der Waals surface area contributed by atoms with Crippen LogP contribution in [0.25, 0.3) is 17.8 Å². The van der Waals surface area contributed by atoms with Crippen molar-refractivity contribution in [2.45, 2.75) is 6.92 Å². The average molecular weight is 254 g/mol. The van der Waals surface area contributed by atoms with Gasteiger partial charge >= 0.3 is 5.69 Å². The third-order valence-corrected chi connectivity index (χ3v) is 2.84. The fraction of sp³-hybridized carbons (Fsp3) is 0.0667. The van der Waals surface area contributed by atoms with Crippen LogP contribution in [0.4, 0.5) is 0 Å². The van der Waals surface area contributed by atoms with Crippen molar-refractivity contribution < 1.29 is 0 Å². The highest BCUT2D eigenvalue weighted by Crippen LogP contribution is 2.08. The number of rotatable bonds is 3. The molecule has 0 atom stereocenters. The number of nitrogens with zero attached hydrogens (tertiary/aromatic N) is 1. The quantitative estimate of drug-likeness (QED) is 0.912. The van der Waals surface area contributed by atoms with Gasteiger partial charge in [0.05, 0.1) is 16.9 Å². The smallest absolute Gasteiger partial charge is 0.306 e. The molecule has 1 heterocycles. The first-order chi connectivity index (χ1) is 9.08. The summed E-state index contributed by atoms with van der Waals surface area (Å²) in [5.74, 6) is 0. The molecule has 96 valence electrons. The van der Waals surface area contributed by atoms with Crippen molar-refractivity contribution in [2.75, 3.05) is 0 Å². The van der Waals surface area contributed by atoms with Crippen LogP contribution in [0.15, 0.2) is 47.0 Å². The number of benzene rings is 1. The standard InChI is InChI=1S/C15H14N2O2/c1-4-12-13(5-2)16-15(19)17(14(12)18)11-8-6-7-10(3)9-11/h4-9H,1-2H2,3H3,(H,16,19). The molecular weight excluding hydrogens is 240 g/mol. The highest BCUT2D eigenvalue weighted by Gasteiger charge is 2.11. The van der Waals surface area contributed by atoms with Crippen LogP contribution in [-0.2, 0) is 0 Å². The van der Waals surface area contributed by atoms with Crippen molar-refractivity contribution in [2.24, 2.45) is 0 Å². The van der Waals surface area contributed by atoms with Gasteiger partial charge in [-0.1, -0.05) is 31.4 Å². The molecule has 0 aliphatic heterocycles. The molecule has 0 saturated carbocycles. The van der Waals surface area contributed by atoms with E-state index in [9.17, 15) is 9.59 Å². The third kappa shape index (κ3) is 2.20. The van der Waals surface area contributed by atoms with Gasteiger partial charge in [-0.25, -0.2) is 9.36 Å². The Bertz CT molecular complexity index is 766. The molecule has 1 aromatic heterocycles. The summed E-state index contributed by atoms with van der Waals surface area (Å²) in [7, 11) is 0. The van der Waals surface area contributed by atoms with E-state index in [-0.39, 0.29) is 0 Å². The lowest BCUT2D eigenvalue weighted by Gasteiger charge is -2.08. The number of H-pyrrole nitrogens is 1. The second-order valence-electron chi connectivity index (χ2n) is 4.15. The number of aromatic amines is 1.